The minimum Gasteiger partial charge on any atom is -0.382 e. The molecule has 1 fully saturated rings. The van der Waals surface area contributed by atoms with Crippen molar-refractivity contribution in [1.29, 1.82) is 0 Å². The van der Waals surface area contributed by atoms with Crippen LogP contribution in [0.3, 0.4) is 0 Å². The number of anilines is 1. The number of nitrogens with one attached hydrogen (secondary N) is 1. The molecule has 17 heavy (non-hydrogen) atoms. The molecule has 3 heterocycles. The van der Waals surface area contributed by atoms with Gasteiger partial charge in [-0.25, -0.2) is 15.0 Å². The van der Waals surface area contributed by atoms with E-state index in [9.17, 15) is 4.79 Å². The first-order valence-corrected chi connectivity index (χ1v) is 5.44. The van der Waals surface area contributed by atoms with Gasteiger partial charge in [0.1, 0.15) is 11.8 Å². The van der Waals surface area contributed by atoms with Crippen LogP contribution in [0.1, 0.15) is 12.8 Å². The maximum atomic E-state index is 11.1. The number of rotatable bonds is 2. The lowest BCUT2D eigenvalue weighted by molar-refractivity contribution is -0.119. The Morgan fingerprint density at radius 1 is 1.47 bits per heavy atom. The Morgan fingerprint density at radius 2 is 2.35 bits per heavy atom. The van der Waals surface area contributed by atoms with E-state index in [0.717, 1.165) is 6.42 Å². The van der Waals surface area contributed by atoms with E-state index in [1.807, 2.05) is 4.57 Å². The number of nitrogens with zero attached hydrogens (tertiary/aromatic N) is 4. The van der Waals surface area contributed by atoms with Crippen LogP contribution in [-0.4, -0.2) is 31.5 Å². The predicted octanol–water partition coefficient (Wildman–Crippen LogP) is -0.313. The Balaban J connectivity index is 1.91. The number of nitrogens with two attached hydrogens (primary N) is 1. The van der Waals surface area contributed by atoms with Crippen molar-refractivity contribution in [3.8, 4) is 0 Å². The molecule has 1 saturated heterocycles. The molecule has 2 aromatic rings. The highest BCUT2D eigenvalue weighted by molar-refractivity contribution is 5.81. The Morgan fingerprint density at radius 3 is 3.12 bits per heavy atom. The topological polar surface area (TPSA) is 98.7 Å². The average molecular weight is 232 g/mol. The smallest absolute Gasteiger partial charge is 0.220 e. The van der Waals surface area contributed by atoms with E-state index >= 15 is 0 Å². The van der Waals surface area contributed by atoms with Gasteiger partial charge in [-0.2, -0.15) is 0 Å². The fraction of sp³-hybridized carbons (Fsp3) is 0.400. The van der Waals surface area contributed by atoms with E-state index in [1.54, 1.807) is 6.33 Å². The molecule has 7 heteroatoms. The number of aromatic nitrogens is 4. The van der Waals surface area contributed by atoms with Gasteiger partial charge in [0.25, 0.3) is 0 Å². The van der Waals surface area contributed by atoms with Crippen molar-refractivity contribution in [1.82, 2.24) is 24.8 Å². The summed E-state index contributed by atoms with van der Waals surface area (Å²) in [5.74, 6) is 0.484. The lowest BCUT2D eigenvalue weighted by Gasteiger charge is -2.10. The molecule has 3 rings (SSSR count). The number of hydrogen-bond acceptors (Lipinski definition) is 5. The minimum absolute atomic E-state index is 0.105. The quantitative estimate of drug-likeness (QED) is 0.739. The SMILES string of the molecule is Nc1ncnc2c1ncn2C[C@@H]1CCC(=O)N1. The van der Waals surface area contributed by atoms with Crippen molar-refractivity contribution >= 4 is 22.9 Å². The predicted molar refractivity (Wildman–Crippen MR) is 60.9 cm³/mol. The second-order valence-electron chi connectivity index (χ2n) is 4.13. The van der Waals surface area contributed by atoms with Crippen molar-refractivity contribution in [3.63, 3.8) is 0 Å². The van der Waals surface area contributed by atoms with E-state index in [-0.39, 0.29) is 11.9 Å². The summed E-state index contributed by atoms with van der Waals surface area (Å²) in [6.45, 7) is 0.665. The first-order valence-electron chi connectivity index (χ1n) is 5.44. The van der Waals surface area contributed by atoms with Gasteiger partial charge in [-0.15, -0.1) is 0 Å². The lowest BCUT2D eigenvalue weighted by Crippen LogP contribution is -2.29. The molecule has 88 valence electrons. The summed E-state index contributed by atoms with van der Waals surface area (Å²) < 4.78 is 1.89. The summed E-state index contributed by atoms with van der Waals surface area (Å²) in [6, 6.07) is 0.149. The zero-order valence-electron chi connectivity index (χ0n) is 9.13. The average Bonchev–Trinajstić information content (AvgIpc) is 2.88. The molecule has 7 nitrogen and oxygen atoms in total. The molecule has 0 aliphatic carbocycles. The fourth-order valence-electron chi connectivity index (χ4n) is 2.08. The number of hydrogen-bond donors (Lipinski definition) is 2. The van der Waals surface area contributed by atoms with Crippen LogP contribution in [0.25, 0.3) is 11.2 Å². The molecule has 0 aromatic carbocycles. The number of carbonyl (C=O) groups excluding carboxylic acids is 1. The van der Waals surface area contributed by atoms with E-state index in [2.05, 4.69) is 20.3 Å². The van der Waals surface area contributed by atoms with E-state index in [0.29, 0.717) is 29.9 Å². The number of nitrogen functional groups attached to an aromatic ring is 1. The summed E-state index contributed by atoms with van der Waals surface area (Å²) in [6.07, 6.45) is 4.54. The third-order valence-electron chi connectivity index (χ3n) is 2.93. The van der Waals surface area contributed by atoms with Crippen molar-refractivity contribution in [2.45, 2.75) is 25.4 Å². The van der Waals surface area contributed by atoms with Crippen LogP contribution < -0.4 is 11.1 Å². The molecule has 2 aromatic heterocycles. The van der Waals surface area contributed by atoms with Crippen LogP contribution in [0.15, 0.2) is 12.7 Å². The van der Waals surface area contributed by atoms with Crippen molar-refractivity contribution in [2.75, 3.05) is 5.73 Å². The van der Waals surface area contributed by atoms with Gasteiger partial charge in [-0.3, -0.25) is 4.79 Å². The molecule has 0 radical (unpaired) electrons. The summed E-state index contributed by atoms with van der Waals surface area (Å²) in [7, 11) is 0. The van der Waals surface area contributed by atoms with Gasteiger partial charge in [-0.1, -0.05) is 0 Å². The van der Waals surface area contributed by atoms with Crippen LogP contribution >= 0.6 is 0 Å². The molecule has 3 N–H and O–H groups in total. The van der Waals surface area contributed by atoms with Crippen LogP contribution in [0.4, 0.5) is 5.82 Å². The summed E-state index contributed by atoms with van der Waals surface area (Å²) in [5.41, 5.74) is 7.02. The summed E-state index contributed by atoms with van der Waals surface area (Å²) >= 11 is 0. The van der Waals surface area contributed by atoms with E-state index < -0.39 is 0 Å². The second-order valence-corrected chi connectivity index (χ2v) is 4.13. The molecule has 0 bridgehead atoms. The molecule has 0 unspecified atom stereocenters. The van der Waals surface area contributed by atoms with Gasteiger partial charge >= 0.3 is 0 Å². The van der Waals surface area contributed by atoms with Crippen LogP contribution in [0.2, 0.25) is 0 Å². The molecular weight excluding hydrogens is 220 g/mol. The third-order valence-corrected chi connectivity index (χ3v) is 2.93. The van der Waals surface area contributed by atoms with E-state index in [1.165, 1.54) is 6.33 Å². The lowest BCUT2D eigenvalue weighted by atomic mass is 10.2. The fourth-order valence-corrected chi connectivity index (χ4v) is 2.08. The standard InChI is InChI=1S/C10H12N6O/c11-9-8-10(13-4-12-9)16(5-14-8)3-6-1-2-7(17)15-6/h4-6H,1-3H2,(H,15,17)(H2,11,12,13)/t6-/m0/s1. The van der Waals surface area contributed by atoms with Gasteiger partial charge in [-0.05, 0) is 6.42 Å². The molecule has 0 saturated carbocycles. The van der Waals surface area contributed by atoms with Crippen molar-refractivity contribution < 1.29 is 4.79 Å². The maximum Gasteiger partial charge on any atom is 0.220 e. The van der Waals surface area contributed by atoms with Gasteiger partial charge in [0, 0.05) is 19.0 Å². The largest absolute Gasteiger partial charge is 0.382 e. The minimum atomic E-state index is 0.105. The summed E-state index contributed by atoms with van der Waals surface area (Å²) in [4.78, 5) is 23.3. The van der Waals surface area contributed by atoms with E-state index in [4.69, 9.17) is 5.73 Å². The molecule has 1 amide bonds. The highest BCUT2D eigenvalue weighted by atomic mass is 16.1. The number of imidazole rings is 1. The molecule has 1 aliphatic heterocycles. The van der Waals surface area contributed by atoms with Gasteiger partial charge < -0.3 is 15.6 Å². The first kappa shape index (κ1) is 10.0. The zero-order valence-corrected chi connectivity index (χ0v) is 9.13. The maximum absolute atomic E-state index is 11.1. The Bertz CT molecular complexity index is 577. The van der Waals surface area contributed by atoms with Crippen LogP contribution in [0.5, 0.6) is 0 Å². The first-order chi connectivity index (χ1) is 8.24. The van der Waals surface area contributed by atoms with Gasteiger partial charge in [0.05, 0.1) is 6.33 Å². The Labute approximate surface area is 97.1 Å². The summed E-state index contributed by atoms with van der Waals surface area (Å²) in [5, 5.41) is 2.91. The zero-order chi connectivity index (χ0) is 11.8. The Kier molecular flexibility index (Phi) is 2.17. The number of fused-ring (bicyclic) bond motifs is 1. The third kappa shape index (κ3) is 1.69. The van der Waals surface area contributed by atoms with Crippen molar-refractivity contribution in [2.24, 2.45) is 0 Å². The second kappa shape index (κ2) is 3.69. The number of carbonyl (C=O) groups is 1. The van der Waals surface area contributed by atoms with Crippen molar-refractivity contribution in [3.05, 3.63) is 12.7 Å². The monoisotopic (exact) mass is 232 g/mol. The van der Waals surface area contributed by atoms with Gasteiger partial charge in [0.15, 0.2) is 11.5 Å². The van der Waals surface area contributed by atoms with Crippen LogP contribution in [-0.2, 0) is 11.3 Å². The normalized spacial score (nSPS) is 19.8. The highest BCUT2D eigenvalue weighted by Gasteiger charge is 2.21. The van der Waals surface area contributed by atoms with Gasteiger partial charge in [0.2, 0.25) is 5.91 Å². The molecule has 1 aliphatic rings. The number of amides is 1. The van der Waals surface area contributed by atoms with Crippen LogP contribution in [0, 0.1) is 0 Å². The molecular formula is C10H12N6O. The molecule has 0 spiro atoms. The highest BCUT2D eigenvalue weighted by Crippen LogP contribution is 2.16. The Hall–Kier alpha value is -2.18. The molecule has 1 atom stereocenters.